The lowest BCUT2D eigenvalue weighted by atomic mass is 9.86. The number of anilines is 1. The third-order valence-electron chi connectivity index (χ3n) is 6.14. The summed E-state index contributed by atoms with van der Waals surface area (Å²) < 4.78 is 5.76. The van der Waals surface area contributed by atoms with Crippen molar-refractivity contribution in [2.45, 2.75) is 31.3 Å². The summed E-state index contributed by atoms with van der Waals surface area (Å²) in [5.74, 6) is 0.410. The van der Waals surface area contributed by atoms with Gasteiger partial charge in [0.25, 0.3) is 5.91 Å². The molecule has 2 aliphatic heterocycles. The van der Waals surface area contributed by atoms with Gasteiger partial charge in [0.05, 0.1) is 30.7 Å². The van der Waals surface area contributed by atoms with Gasteiger partial charge in [0, 0.05) is 16.8 Å². The minimum Gasteiger partial charge on any atom is -0.453 e. The SMILES string of the molecule is COC(=O)NC1C(=O)N2c3c(cccc3C1C)CC2c1ncc(-c2ccc(Br)cc2)[nH]1. The van der Waals surface area contributed by atoms with Crippen LogP contribution in [0, 0.1) is 0 Å². The van der Waals surface area contributed by atoms with Crippen LogP contribution < -0.4 is 10.2 Å². The summed E-state index contributed by atoms with van der Waals surface area (Å²) >= 11 is 3.45. The molecule has 3 atom stereocenters. The number of methoxy groups -OCH3 is 1. The predicted molar refractivity (Wildman–Crippen MR) is 120 cm³/mol. The fraction of sp³-hybridized carbons (Fsp3) is 0.261. The highest BCUT2D eigenvalue weighted by Gasteiger charge is 2.47. The normalized spacial score (nSPS) is 21.7. The lowest BCUT2D eigenvalue weighted by Gasteiger charge is -2.38. The number of aromatic nitrogens is 2. The average Bonchev–Trinajstić information content (AvgIpc) is 3.41. The molecule has 0 radical (unpaired) electrons. The summed E-state index contributed by atoms with van der Waals surface area (Å²) in [6, 6.07) is 13.1. The second-order valence-electron chi connectivity index (χ2n) is 7.87. The van der Waals surface area contributed by atoms with Crippen molar-refractivity contribution in [1.29, 1.82) is 0 Å². The number of H-pyrrole nitrogens is 1. The molecule has 2 aliphatic rings. The Morgan fingerprint density at radius 2 is 2.03 bits per heavy atom. The van der Waals surface area contributed by atoms with Crippen molar-refractivity contribution in [3.05, 3.63) is 70.1 Å². The molecular formula is C23H21BrN4O3. The zero-order chi connectivity index (χ0) is 21.7. The number of amides is 2. The monoisotopic (exact) mass is 480 g/mol. The Bertz CT molecular complexity index is 1170. The minimum absolute atomic E-state index is 0.151. The van der Waals surface area contributed by atoms with Gasteiger partial charge in [0.2, 0.25) is 0 Å². The van der Waals surface area contributed by atoms with Gasteiger partial charge in [-0.1, -0.05) is 53.2 Å². The number of para-hydroxylation sites is 1. The Kier molecular flexibility index (Phi) is 4.81. The average molecular weight is 481 g/mol. The van der Waals surface area contributed by atoms with Gasteiger partial charge in [-0.3, -0.25) is 9.69 Å². The van der Waals surface area contributed by atoms with Gasteiger partial charge < -0.3 is 15.0 Å². The zero-order valence-corrected chi connectivity index (χ0v) is 18.6. The topological polar surface area (TPSA) is 87.3 Å². The summed E-state index contributed by atoms with van der Waals surface area (Å²) in [7, 11) is 1.30. The van der Waals surface area contributed by atoms with E-state index in [0.29, 0.717) is 6.42 Å². The summed E-state index contributed by atoms with van der Waals surface area (Å²) in [4.78, 5) is 35.2. The van der Waals surface area contributed by atoms with E-state index in [1.165, 1.54) is 7.11 Å². The molecule has 2 amide bonds. The Morgan fingerprint density at radius 1 is 1.26 bits per heavy atom. The fourth-order valence-corrected chi connectivity index (χ4v) is 4.84. The number of nitrogens with one attached hydrogen (secondary N) is 2. The Hall–Kier alpha value is -3.13. The summed E-state index contributed by atoms with van der Waals surface area (Å²) in [5, 5.41) is 2.72. The van der Waals surface area contributed by atoms with Crippen LogP contribution in [0.25, 0.3) is 11.3 Å². The smallest absolute Gasteiger partial charge is 0.407 e. The molecule has 0 saturated carbocycles. The molecule has 2 aromatic carbocycles. The van der Waals surface area contributed by atoms with Crippen LogP contribution in [0.15, 0.2) is 53.1 Å². The van der Waals surface area contributed by atoms with Gasteiger partial charge in [-0.2, -0.15) is 0 Å². The van der Waals surface area contributed by atoms with E-state index in [1.54, 1.807) is 11.1 Å². The number of carbonyl (C=O) groups is 2. The molecule has 7 nitrogen and oxygen atoms in total. The molecule has 31 heavy (non-hydrogen) atoms. The van der Waals surface area contributed by atoms with E-state index in [0.717, 1.165) is 38.4 Å². The molecule has 158 valence electrons. The number of alkyl carbamates (subject to hydrolysis) is 1. The lowest BCUT2D eigenvalue weighted by molar-refractivity contribution is -0.121. The molecule has 1 aromatic heterocycles. The van der Waals surface area contributed by atoms with Gasteiger partial charge >= 0.3 is 6.09 Å². The third-order valence-corrected chi connectivity index (χ3v) is 6.66. The molecular weight excluding hydrogens is 460 g/mol. The highest BCUT2D eigenvalue weighted by atomic mass is 79.9. The van der Waals surface area contributed by atoms with Crippen LogP contribution in [0.1, 0.15) is 35.8 Å². The highest BCUT2D eigenvalue weighted by Crippen LogP contribution is 2.48. The van der Waals surface area contributed by atoms with Crippen molar-refractivity contribution < 1.29 is 14.3 Å². The summed E-state index contributed by atoms with van der Waals surface area (Å²) in [6.45, 7) is 1.96. The van der Waals surface area contributed by atoms with Gasteiger partial charge in [-0.15, -0.1) is 0 Å². The molecule has 0 fully saturated rings. The minimum atomic E-state index is -0.697. The number of aromatic amines is 1. The van der Waals surface area contributed by atoms with Gasteiger partial charge in [0.1, 0.15) is 11.9 Å². The number of nitrogens with zero attached hydrogens (tertiary/aromatic N) is 2. The molecule has 8 heteroatoms. The van der Waals surface area contributed by atoms with E-state index in [2.05, 4.69) is 37.3 Å². The fourth-order valence-electron chi connectivity index (χ4n) is 4.57. The van der Waals surface area contributed by atoms with Crippen molar-refractivity contribution in [2.24, 2.45) is 0 Å². The van der Waals surface area contributed by atoms with Gasteiger partial charge in [-0.25, -0.2) is 9.78 Å². The number of imidazole rings is 1. The number of ether oxygens (including phenoxy) is 1. The lowest BCUT2D eigenvalue weighted by Crippen LogP contribution is -2.54. The van der Waals surface area contributed by atoms with Crippen LogP contribution >= 0.6 is 15.9 Å². The molecule has 0 bridgehead atoms. The van der Waals surface area contributed by atoms with Crippen LogP contribution in [-0.2, 0) is 16.0 Å². The number of benzene rings is 2. The van der Waals surface area contributed by atoms with Crippen LogP contribution in [-0.4, -0.2) is 35.1 Å². The van der Waals surface area contributed by atoms with E-state index in [-0.39, 0.29) is 17.9 Å². The second kappa shape index (κ2) is 7.53. The molecule has 0 aliphatic carbocycles. The second-order valence-corrected chi connectivity index (χ2v) is 8.79. The van der Waals surface area contributed by atoms with E-state index in [9.17, 15) is 9.59 Å². The standard InChI is InChI=1S/C23H21BrN4O3/c1-12-16-5-3-4-14-10-18(28(20(14)16)22(29)19(12)27-23(30)31-2)21-25-11-17(26-21)13-6-8-15(24)9-7-13/h3-9,11-12,18-19H,10H2,1-2H3,(H,25,26)(H,27,30). The van der Waals surface area contributed by atoms with E-state index >= 15 is 0 Å². The molecule has 5 rings (SSSR count). The van der Waals surface area contributed by atoms with E-state index in [1.807, 2.05) is 43.3 Å². The Labute approximate surface area is 187 Å². The first-order chi connectivity index (χ1) is 15.0. The van der Waals surface area contributed by atoms with Crippen LogP contribution in [0.4, 0.5) is 10.5 Å². The van der Waals surface area contributed by atoms with Crippen molar-refractivity contribution in [1.82, 2.24) is 15.3 Å². The van der Waals surface area contributed by atoms with E-state index in [4.69, 9.17) is 4.74 Å². The van der Waals surface area contributed by atoms with Crippen molar-refractivity contribution in [3.63, 3.8) is 0 Å². The number of hydrogen-bond acceptors (Lipinski definition) is 4. The van der Waals surface area contributed by atoms with Crippen molar-refractivity contribution in [2.75, 3.05) is 12.0 Å². The Balaban J connectivity index is 1.53. The third kappa shape index (κ3) is 3.22. The largest absolute Gasteiger partial charge is 0.453 e. The maximum atomic E-state index is 13.5. The number of carbonyl (C=O) groups excluding carboxylic acids is 2. The highest BCUT2D eigenvalue weighted by molar-refractivity contribution is 9.10. The van der Waals surface area contributed by atoms with Crippen molar-refractivity contribution >= 4 is 33.6 Å². The first kappa shape index (κ1) is 19.8. The van der Waals surface area contributed by atoms with Crippen LogP contribution in [0.5, 0.6) is 0 Å². The number of hydrogen-bond donors (Lipinski definition) is 2. The van der Waals surface area contributed by atoms with Gasteiger partial charge in [0.15, 0.2) is 0 Å². The van der Waals surface area contributed by atoms with E-state index < -0.39 is 12.1 Å². The predicted octanol–water partition coefficient (Wildman–Crippen LogP) is 4.31. The maximum absolute atomic E-state index is 13.5. The summed E-state index contributed by atoms with van der Waals surface area (Å²) in [5.41, 5.74) is 5.00. The summed E-state index contributed by atoms with van der Waals surface area (Å²) in [6.07, 6.45) is 1.85. The molecule has 2 N–H and O–H groups in total. The van der Waals surface area contributed by atoms with Crippen LogP contribution in [0.3, 0.4) is 0 Å². The van der Waals surface area contributed by atoms with Crippen molar-refractivity contribution in [3.8, 4) is 11.3 Å². The number of rotatable bonds is 3. The quantitative estimate of drug-likeness (QED) is 0.584. The first-order valence-electron chi connectivity index (χ1n) is 10.1. The molecule has 3 unspecified atom stereocenters. The number of halogens is 1. The molecule has 0 saturated heterocycles. The zero-order valence-electron chi connectivity index (χ0n) is 17.1. The maximum Gasteiger partial charge on any atom is 0.407 e. The first-order valence-corrected chi connectivity index (χ1v) is 10.9. The molecule has 0 spiro atoms. The molecule has 3 aromatic rings. The Morgan fingerprint density at radius 3 is 2.77 bits per heavy atom. The molecule has 3 heterocycles. The van der Waals surface area contributed by atoms with Crippen LogP contribution in [0.2, 0.25) is 0 Å². The van der Waals surface area contributed by atoms with Gasteiger partial charge in [-0.05, 0) is 28.8 Å².